The number of nitrogens with zero attached hydrogens (tertiary/aromatic N) is 1. The first-order chi connectivity index (χ1) is 7.93. The van der Waals surface area contributed by atoms with Crippen molar-refractivity contribution < 1.29 is 4.79 Å². The fourth-order valence-corrected chi connectivity index (χ4v) is 2.40. The van der Waals surface area contributed by atoms with Gasteiger partial charge in [-0.25, -0.2) is 0 Å². The normalized spacial score (nSPS) is 10.4. The first kappa shape index (κ1) is 14.3. The van der Waals surface area contributed by atoms with Crippen molar-refractivity contribution in [2.24, 2.45) is 0 Å². The standard InChI is InChI=1S/C12H16BrClN2O/c1-4-16(5-2)9-6-8(12(14)17)7(3)10(13)11(9)15/h6H,4-5,15H2,1-3H3. The van der Waals surface area contributed by atoms with Gasteiger partial charge in [-0.3, -0.25) is 4.79 Å². The van der Waals surface area contributed by atoms with Gasteiger partial charge in [0, 0.05) is 23.1 Å². The summed E-state index contributed by atoms with van der Waals surface area (Å²) in [6.45, 7) is 7.55. The van der Waals surface area contributed by atoms with Crippen LogP contribution in [0.2, 0.25) is 0 Å². The van der Waals surface area contributed by atoms with E-state index >= 15 is 0 Å². The molecule has 0 aliphatic rings. The Morgan fingerprint density at radius 2 is 2.00 bits per heavy atom. The van der Waals surface area contributed by atoms with Crippen LogP contribution in [0.3, 0.4) is 0 Å². The molecule has 0 radical (unpaired) electrons. The maximum Gasteiger partial charge on any atom is 0.252 e. The Morgan fingerprint density at radius 3 is 2.41 bits per heavy atom. The van der Waals surface area contributed by atoms with Crippen molar-refractivity contribution in [2.75, 3.05) is 23.7 Å². The van der Waals surface area contributed by atoms with Crippen LogP contribution in [-0.4, -0.2) is 18.3 Å². The Balaban J connectivity index is 3.46. The Labute approximate surface area is 115 Å². The van der Waals surface area contributed by atoms with Crippen LogP contribution < -0.4 is 10.6 Å². The van der Waals surface area contributed by atoms with E-state index in [9.17, 15) is 4.79 Å². The number of benzene rings is 1. The summed E-state index contributed by atoms with van der Waals surface area (Å²) in [5.41, 5.74) is 8.82. The number of hydrogen-bond donors (Lipinski definition) is 1. The third-order valence-corrected chi connectivity index (χ3v) is 4.07. The molecule has 2 N–H and O–H groups in total. The third kappa shape index (κ3) is 2.75. The number of nitrogens with two attached hydrogens (primary N) is 1. The Bertz CT molecular complexity index is 445. The van der Waals surface area contributed by atoms with Crippen molar-refractivity contribution in [3.8, 4) is 0 Å². The Kier molecular flexibility index (Phi) is 4.83. The predicted molar refractivity (Wildman–Crippen MR) is 77.0 cm³/mol. The number of hydrogen-bond acceptors (Lipinski definition) is 3. The Hall–Kier alpha value is -0.740. The SMILES string of the molecule is CCN(CC)c1cc(C(=O)Cl)c(C)c(Br)c1N. The minimum Gasteiger partial charge on any atom is -0.396 e. The van der Waals surface area contributed by atoms with Crippen LogP contribution in [0.25, 0.3) is 0 Å². The minimum atomic E-state index is -0.461. The first-order valence-electron chi connectivity index (χ1n) is 5.47. The maximum atomic E-state index is 11.4. The largest absolute Gasteiger partial charge is 0.396 e. The summed E-state index contributed by atoms with van der Waals surface area (Å²) >= 11 is 8.99. The number of halogens is 2. The average Bonchev–Trinajstić information content (AvgIpc) is 2.30. The van der Waals surface area contributed by atoms with E-state index in [0.29, 0.717) is 11.3 Å². The van der Waals surface area contributed by atoms with Crippen LogP contribution in [-0.2, 0) is 0 Å². The van der Waals surface area contributed by atoms with E-state index in [1.165, 1.54) is 0 Å². The molecule has 0 saturated carbocycles. The molecule has 0 saturated heterocycles. The molecule has 3 nitrogen and oxygen atoms in total. The highest BCUT2D eigenvalue weighted by Gasteiger charge is 2.17. The second kappa shape index (κ2) is 5.74. The van der Waals surface area contributed by atoms with E-state index in [0.717, 1.165) is 28.8 Å². The lowest BCUT2D eigenvalue weighted by molar-refractivity contribution is 0.108. The molecule has 1 aromatic carbocycles. The Morgan fingerprint density at radius 1 is 1.47 bits per heavy atom. The maximum absolute atomic E-state index is 11.4. The van der Waals surface area contributed by atoms with Gasteiger partial charge in [-0.1, -0.05) is 0 Å². The van der Waals surface area contributed by atoms with Crippen LogP contribution in [0.5, 0.6) is 0 Å². The van der Waals surface area contributed by atoms with Gasteiger partial charge in [-0.05, 0) is 59.9 Å². The van der Waals surface area contributed by atoms with Gasteiger partial charge >= 0.3 is 0 Å². The van der Waals surface area contributed by atoms with Crippen LogP contribution in [0.1, 0.15) is 29.8 Å². The van der Waals surface area contributed by atoms with Crippen LogP contribution in [0.4, 0.5) is 11.4 Å². The number of nitrogen functional groups attached to an aromatic ring is 1. The minimum absolute atomic E-state index is 0.461. The lowest BCUT2D eigenvalue weighted by Gasteiger charge is -2.24. The molecule has 0 heterocycles. The molecule has 17 heavy (non-hydrogen) atoms. The molecule has 1 rings (SSSR count). The molecule has 0 aliphatic carbocycles. The highest BCUT2D eigenvalue weighted by Crippen LogP contribution is 2.36. The van der Waals surface area contributed by atoms with E-state index in [1.807, 2.05) is 20.8 Å². The van der Waals surface area contributed by atoms with Gasteiger partial charge in [0.25, 0.3) is 5.24 Å². The molecule has 0 amide bonds. The zero-order valence-electron chi connectivity index (χ0n) is 10.2. The highest BCUT2D eigenvalue weighted by molar-refractivity contribution is 9.10. The first-order valence-corrected chi connectivity index (χ1v) is 6.64. The third-order valence-electron chi connectivity index (χ3n) is 2.84. The molecule has 1 aromatic rings. The molecular formula is C12H16BrClN2O. The molecule has 0 fully saturated rings. The zero-order chi connectivity index (χ0) is 13.2. The molecule has 0 aromatic heterocycles. The van der Waals surface area contributed by atoms with Crippen molar-refractivity contribution in [2.45, 2.75) is 20.8 Å². The molecule has 0 atom stereocenters. The summed E-state index contributed by atoms with van der Waals surface area (Å²) < 4.78 is 0.742. The van der Waals surface area contributed by atoms with Gasteiger partial charge < -0.3 is 10.6 Å². The van der Waals surface area contributed by atoms with E-state index in [-0.39, 0.29) is 0 Å². The summed E-state index contributed by atoms with van der Waals surface area (Å²) in [5.74, 6) is 0. The van der Waals surface area contributed by atoms with Gasteiger partial charge in [0.2, 0.25) is 0 Å². The van der Waals surface area contributed by atoms with Crippen molar-refractivity contribution >= 4 is 44.1 Å². The summed E-state index contributed by atoms with van der Waals surface area (Å²) in [6.07, 6.45) is 0. The topological polar surface area (TPSA) is 46.3 Å². The summed E-state index contributed by atoms with van der Waals surface area (Å²) in [4.78, 5) is 13.5. The smallest absolute Gasteiger partial charge is 0.252 e. The molecule has 0 unspecified atom stereocenters. The predicted octanol–water partition coefficient (Wildman–Crippen LogP) is 3.56. The van der Waals surface area contributed by atoms with Crippen molar-refractivity contribution in [1.82, 2.24) is 0 Å². The second-order valence-electron chi connectivity index (χ2n) is 3.74. The summed E-state index contributed by atoms with van der Waals surface area (Å²) in [5, 5.41) is -0.461. The lowest BCUT2D eigenvalue weighted by atomic mass is 10.1. The lowest BCUT2D eigenvalue weighted by Crippen LogP contribution is -2.23. The summed E-state index contributed by atoms with van der Waals surface area (Å²) in [6, 6.07) is 1.76. The van der Waals surface area contributed by atoms with Crippen LogP contribution >= 0.6 is 27.5 Å². The van der Waals surface area contributed by atoms with Crippen molar-refractivity contribution in [3.05, 3.63) is 21.7 Å². The second-order valence-corrected chi connectivity index (χ2v) is 4.88. The van der Waals surface area contributed by atoms with E-state index in [1.54, 1.807) is 6.07 Å². The molecule has 0 aliphatic heterocycles. The quantitative estimate of drug-likeness (QED) is 0.682. The number of anilines is 2. The van der Waals surface area contributed by atoms with Gasteiger partial charge in [-0.2, -0.15) is 0 Å². The van der Waals surface area contributed by atoms with Gasteiger partial charge in [-0.15, -0.1) is 0 Å². The van der Waals surface area contributed by atoms with Crippen LogP contribution in [0, 0.1) is 6.92 Å². The van der Waals surface area contributed by atoms with Gasteiger partial charge in [0.1, 0.15) is 0 Å². The molecule has 0 bridgehead atoms. The van der Waals surface area contributed by atoms with Crippen LogP contribution in [0.15, 0.2) is 10.5 Å². The molecule has 0 spiro atoms. The summed E-state index contributed by atoms with van der Waals surface area (Å²) in [7, 11) is 0. The fraction of sp³-hybridized carbons (Fsp3) is 0.417. The van der Waals surface area contributed by atoms with Crippen molar-refractivity contribution in [3.63, 3.8) is 0 Å². The average molecular weight is 320 g/mol. The van der Waals surface area contributed by atoms with E-state index in [2.05, 4.69) is 20.8 Å². The zero-order valence-corrected chi connectivity index (χ0v) is 12.5. The van der Waals surface area contributed by atoms with Gasteiger partial charge in [0.05, 0.1) is 11.4 Å². The number of carbonyl (C=O) groups is 1. The molecular weight excluding hydrogens is 304 g/mol. The molecule has 94 valence electrons. The molecule has 5 heteroatoms. The number of rotatable bonds is 4. The van der Waals surface area contributed by atoms with Crippen molar-refractivity contribution in [1.29, 1.82) is 0 Å². The van der Waals surface area contributed by atoms with Gasteiger partial charge in [0.15, 0.2) is 0 Å². The number of carbonyl (C=O) groups excluding carboxylic acids is 1. The highest BCUT2D eigenvalue weighted by atomic mass is 79.9. The monoisotopic (exact) mass is 318 g/mol. The van der Waals surface area contributed by atoms with E-state index < -0.39 is 5.24 Å². The fourth-order valence-electron chi connectivity index (χ4n) is 1.79. The van der Waals surface area contributed by atoms with E-state index in [4.69, 9.17) is 17.3 Å².